The number of Topliss-reactive ketones (excluding diaryl/α,β-unsaturated/α-hetero) is 2. The molecule has 0 spiro atoms. The zero-order chi connectivity index (χ0) is 21.3. The Morgan fingerprint density at radius 2 is 1.90 bits per heavy atom. The standard InChI is InChI=1S/C20H24N2O6S/c1-12-13(20(24)19-15(22(2)28-4)6-5-7-16(19)23)8-9-17-18(12)14(21-27-3)10-11-29(17,25)26/h8-9H,5-7,10-11H2,1-4H3/b21-14-. The number of hydrogen-bond acceptors (Lipinski definition) is 8. The van der Waals surface area contributed by atoms with Crippen LogP contribution in [0.1, 0.15) is 47.2 Å². The van der Waals surface area contributed by atoms with Crippen molar-refractivity contribution in [2.24, 2.45) is 5.16 Å². The zero-order valence-electron chi connectivity index (χ0n) is 16.9. The van der Waals surface area contributed by atoms with E-state index in [0.29, 0.717) is 35.4 Å². The fourth-order valence-corrected chi connectivity index (χ4v) is 5.40. The number of sulfone groups is 1. The van der Waals surface area contributed by atoms with Gasteiger partial charge in [-0.25, -0.2) is 8.42 Å². The van der Waals surface area contributed by atoms with Gasteiger partial charge in [-0.15, -0.1) is 0 Å². The Balaban J connectivity index is 2.21. The SMILES string of the molecule is CO/N=C1/CCS(=O)(=O)c2ccc(C(=O)C3=C(N(C)OC)CCCC3=O)c(C)c21. The summed E-state index contributed by atoms with van der Waals surface area (Å²) in [5.41, 5.74) is 2.22. The van der Waals surface area contributed by atoms with Crippen molar-refractivity contribution in [1.82, 2.24) is 5.06 Å². The van der Waals surface area contributed by atoms with Crippen molar-refractivity contribution in [3.8, 4) is 0 Å². The molecule has 0 fully saturated rings. The van der Waals surface area contributed by atoms with Crippen molar-refractivity contribution in [3.05, 3.63) is 40.1 Å². The quantitative estimate of drug-likeness (QED) is 0.409. The molecule has 0 atom stereocenters. The lowest BCUT2D eigenvalue weighted by Gasteiger charge is -2.27. The van der Waals surface area contributed by atoms with Crippen molar-refractivity contribution in [2.75, 3.05) is 27.0 Å². The number of carbonyl (C=O) groups is 2. The van der Waals surface area contributed by atoms with Crippen LogP contribution in [0.3, 0.4) is 0 Å². The first kappa shape index (κ1) is 21.2. The van der Waals surface area contributed by atoms with Gasteiger partial charge in [0.2, 0.25) is 0 Å². The molecule has 1 aromatic rings. The summed E-state index contributed by atoms with van der Waals surface area (Å²) in [4.78, 5) is 36.2. The molecule has 1 aliphatic carbocycles. The lowest BCUT2D eigenvalue weighted by atomic mass is 9.86. The highest BCUT2D eigenvalue weighted by molar-refractivity contribution is 7.91. The van der Waals surface area contributed by atoms with E-state index in [4.69, 9.17) is 9.68 Å². The van der Waals surface area contributed by atoms with Crippen LogP contribution in [0.15, 0.2) is 33.5 Å². The lowest BCUT2D eigenvalue weighted by Crippen LogP contribution is -2.29. The predicted molar refractivity (Wildman–Crippen MR) is 106 cm³/mol. The molecule has 0 saturated heterocycles. The average Bonchev–Trinajstić information content (AvgIpc) is 2.69. The van der Waals surface area contributed by atoms with Crippen LogP contribution in [0, 0.1) is 6.92 Å². The number of ketones is 2. The van der Waals surface area contributed by atoms with E-state index in [2.05, 4.69) is 5.16 Å². The van der Waals surface area contributed by atoms with E-state index >= 15 is 0 Å². The average molecular weight is 420 g/mol. The van der Waals surface area contributed by atoms with Crippen LogP contribution in [0.4, 0.5) is 0 Å². The van der Waals surface area contributed by atoms with Gasteiger partial charge in [0.25, 0.3) is 0 Å². The maximum absolute atomic E-state index is 13.4. The van der Waals surface area contributed by atoms with Crippen molar-refractivity contribution in [2.45, 2.75) is 37.5 Å². The van der Waals surface area contributed by atoms with E-state index in [1.807, 2.05) is 0 Å². The number of allylic oxidation sites excluding steroid dienone is 2. The van der Waals surface area contributed by atoms with Crippen LogP contribution in [0.5, 0.6) is 0 Å². The topological polar surface area (TPSA) is 102 Å². The van der Waals surface area contributed by atoms with Crippen molar-refractivity contribution >= 4 is 27.1 Å². The largest absolute Gasteiger partial charge is 0.399 e. The van der Waals surface area contributed by atoms with Gasteiger partial charge < -0.3 is 4.84 Å². The summed E-state index contributed by atoms with van der Waals surface area (Å²) in [6.45, 7) is 1.67. The molecule has 9 heteroatoms. The van der Waals surface area contributed by atoms with Crippen LogP contribution < -0.4 is 0 Å². The van der Waals surface area contributed by atoms with Crippen LogP contribution in [0.2, 0.25) is 0 Å². The van der Waals surface area contributed by atoms with Gasteiger partial charge in [0, 0.05) is 31.0 Å². The van der Waals surface area contributed by atoms with E-state index in [1.54, 1.807) is 14.0 Å². The normalized spacial score (nSPS) is 19.9. The molecule has 1 aromatic carbocycles. The second-order valence-electron chi connectivity index (χ2n) is 7.01. The van der Waals surface area contributed by atoms with Crippen LogP contribution in [-0.2, 0) is 24.3 Å². The smallest absolute Gasteiger partial charge is 0.198 e. The predicted octanol–water partition coefficient (Wildman–Crippen LogP) is 2.21. The fraction of sp³-hybridized carbons (Fsp3) is 0.450. The highest BCUT2D eigenvalue weighted by Gasteiger charge is 2.34. The second-order valence-corrected chi connectivity index (χ2v) is 9.09. The first-order chi connectivity index (χ1) is 13.7. The maximum Gasteiger partial charge on any atom is 0.198 e. The fourth-order valence-electron chi connectivity index (χ4n) is 3.86. The monoisotopic (exact) mass is 420 g/mol. The van der Waals surface area contributed by atoms with Gasteiger partial charge in [-0.05, 0) is 37.5 Å². The molecule has 0 saturated carbocycles. The molecule has 0 aromatic heterocycles. The number of hydroxylamine groups is 2. The van der Waals surface area contributed by atoms with Gasteiger partial charge in [0.1, 0.15) is 7.11 Å². The number of carbonyl (C=O) groups excluding carboxylic acids is 2. The molecule has 2 aliphatic rings. The highest BCUT2D eigenvalue weighted by atomic mass is 32.2. The van der Waals surface area contributed by atoms with Gasteiger partial charge in [-0.1, -0.05) is 5.16 Å². The van der Waals surface area contributed by atoms with Gasteiger partial charge in [-0.2, -0.15) is 0 Å². The molecule has 8 nitrogen and oxygen atoms in total. The Hall–Kier alpha value is -2.52. The molecular formula is C20H24N2O6S. The molecule has 0 amide bonds. The Morgan fingerprint density at radius 3 is 2.55 bits per heavy atom. The highest BCUT2D eigenvalue weighted by Crippen LogP contribution is 2.33. The van der Waals surface area contributed by atoms with Crippen LogP contribution in [-0.4, -0.2) is 57.8 Å². The van der Waals surface area contributed by atoms with Crippen molar-refractivity contribution in [1.29, 1.82) is 0 Å². The Labute approximate surface area is 170 Å². The number of oxime groups is 1. The summed E-state index contributed by atoms with van der Waals surface area (Å²) < 4.78 is 25.0. The molecule has 3 rings (SSSR count). The third-order valence-electron chi connectivity index (χ3n) is 5.37. The van der Waals surface area contributed by atoms with Crippen LogP contribution in [0.25, 0.3) is 0 Å². The van der Waals surface area contributed by atoms with E-state index < -0.39 is 15.6 Å². The minimum absolute atomic E-state index is 0.0681. The minimum Gasteiger partial charge on any atom is -0.399 e. The summed E-state index contributed by atoms with van der Waals surface area (Å²) in [6.07, 6.45) is 1.68. The van der Waals surface area contributed by atoms with E-state index in [1.165, 1.54) is 31.4 Å². The Morgan fingerprint density at radius 1 is 1.17 bits per heavy atom. The molecule has 0 bridgehead atoms. The number of rotatable bonds is 5. The maximum atomic E-state index is 13.4. The van der Waals surface area contributed by atoms with E-state index in [-0.39, 0.29) is 40.4 Å². The summed E-state index contributed by atoms with van der Waals surface area (Å²) in [5, 5.41) is 5.40. The van der Waals surface area contributed by atoms with E-state index in [0.717, 1.165) is 0 Å². The third kappa shape index (κ3) is 3.72. The molecule has 0 radical (unpaired) electrons. The zero-order valence-corrected chi connectivity index (χ0v) is 17.8. The lowest BCUT2D eigenvalue weighted by molar-refractivity contribution is -0.117. The number of nitrogens with zero attached hydrogens (tertiary/aromatic N) is 2. The Bertz CT molecular complexity index is 1040. The summed E-state index contributed by atoms with van der Waals surface area (Å²) in [7, 11) is 1.03. The van der Waals surface area contributed by atoms with Gasteiger partial charge >= 0.3 is 0 Å². The van der Waals surface area contributed by atoms with Crippen molar-refractivity contribution in [3.63, 3.8) is 0 Å². The van der Waals surface area contributed by atoms with Gasteiger partial charge in [0.05, 0.1) is 34.7 Å². The summed E-state index contributed by atoms with van der Waals surface area (Å²) in [5.74, 6) is -0.745. The molecule has 0 N–H and O–H groups in total. The first-order valence-electron chi connectivity index (χ1n) is 9.28. The number of benzene rings is 1. The molecule has 1 heterocycles. The molecule has 29 heavy (non-hydrogen) atoms. The molecule has 1 aliphatic heterocycles. The van der Waals surface area contributed by atoms with Gasteiger partial charge in [-0.3, -0.25) is 19.5 Å². The number of fused-ring (bicyclic) bond motifs is 1. The third-order valence-corrected chi connectivity index (χ3v) is 7.12. The second kappa shape index (κ2) is 8.08. The summed E-state index contributed by atoms with van der Waals surface area (Å²) >= 11 is 0. The molecular weight excluding hydrogens is 396 g/mol. The number of hydrogen-bond donors (Lipinski definition) is 0. The Kier molecular flexibility index (Phi) is 5.90. The van der Waals surface area contributed by atoms with Gasteiger partial charge in [0.15, 0.2) is 21.4 Å². The van der Waals surface area contributed by atoms with Crippen LogP contribution >= 0.6 is 0 Å². The minimum atomic E-state index is -3.48. The molecule has 0 unspecified atom stereocenters. The summed E-state index contributed by atoms with van der Waals surface area (Å²) in [6, 6.07) is 2.89. The van der Waals surface area contributed by atoms with Crippen molar-refractivity contribution < 1.29 is 27.7 Å². The van der Waals surface area contributed by atoms with E-state index in [9.17, 15) is 18.0 Å². The first-order valence-corrected chi connectivity index (χ1v) is 10.9. The molecule has 156 valence electrons.